The van der Waals surface area contributed by atoms with E-state index in [1.165, 1.54) is 0 Å². The van der Waals surface area contributed by atoms with Crippen molar-refractivity contribution in [3.05, 3.63) is 0 Å². The monoisotopic (exact) mass is 178 g/mol. The quantitative estimate of drug-likeness (QED) is 0.611. The summed E-state index contributed by atoms with van der Waals surface area (Å²) in [4.78, 5) is 10.3. The first-order valence-electron chi connectivity index (χ1n) is 3.70. The van der Waals surface area contributed by atoms with Crippen LogP contribution in [0.25, 0.3) is 0 Å². The van der Waals surface area contributed by atoms with Gasteiger partial charge >= 0.3 is 0 Å². The molecule has 0 radical (unpaired) electrons. The molecule has 1 rings (SSSR count). The molecule has 0 aromatic carbocycles. The molecule has 0 saturated carbocycles. The lowest BCUT2D eigenvalue weighted by Gasteiger charge is -2.22. The molecule has 0 amide bonds. The van der Waals surface area contributed by atoms with Gasteiger partial charge in [-0.2, -0.15) is 0 Å². The van der Waals surface area contributed by atoms with Crippen molar-refractivity contribution >= 4 is 16.8 Å². The Morgan fingerprint density at radius 2 is 2.09 bits per heavy atom. The summed E-state index contributed by atoms with van der Waals surface area (Å²) in [5.74, 6) is 0. The maximum absolute atomic E-state index is 10.3. The van der Waals surface area contributed by atoms with Crippen LogP contribution < -0.4 is 0 Å². The van der Waals surface area contributed by atoms with Gasteiger partial charge in [-0.15, -0.1) is 0 Å². The molecule has 11 heavy (non-hydrogen) atoms. The van der Waals surface area contributed by atoms with Crippen LogP contribution in [0.5, 0.6) is 0 Å². The second-order valence-electron chi connectivity index (χ2n) is 2.42. The van der Waals surface area contributed by atoms with Gasteiger partial charge in [0.25, 0.3) is 0 Å². The van der Waals surface area contributed by atoms with Crippen LogP contribution in [-0.4, -0.2) is 24.7 Å². The predicted octanol–water partition coefficient (Wildman–Crippen LogP) is 1.29. The van der Waals surface area contributed by atoms with Crippen molar-refractivity contribution < 1.29 is 14.3 Å². The molecule has 1 saturated heterocycles. The van der Waals surface area contributed by atoms with Gasteiger partial charge in [0.15, 0.2) is 6.29 Å². The highest BCUT2D eigenvalue weighted by molar-refractivity contribution is 6.63. The van der Waals surface area contributed by atoms with Crippen molar-refractivity contribution in [3.8, 4) is 0 Å². The number of carbonyl (C=O) groups is 1. The molecule has 64 valence electrons. The lowest BCUT2D eigenvalue weighted by Crippen LogP contribution is -2.25. The molecule has 1 heterocycles. The molecule has 0 atom stereocenters. The molecule has 3 nitrogen and oxygen atoms in total. The van der Waals surface area contributed by atoms with Crippen molar-refractivity contribution in [3.63, 3.8) is 0 Å². The molecule has 0 N–H and O–H groups in total. The van der Waals surface area contributed by atoms with E-state index in [-0.39, 0.29) is 11.5 Å². The van der Waals surface area contributed by atoms with Gasteiger partial charge in [0.1, 0.15) is 0 Å². The van der Waals surface area contributed by atoms with Gasteiger partial charge in [-0.25, -0.2) is 0 Å². The van der Waals surface area contributed by atoms with Gasteiger partial charge < -0.3 is 9.47 Å². The standard InChI is InChI=1S/C7H11ClO3/c8-6(9)2-3-7-10-4-1-5-11-7/h7H,1-5H2. The average molecular weight is 179 g/mol. The van der Waals surface area contributed by atoms with Crippen molar-refractivity contribution in [2.24, 2.45) is 0 Å². The van der Waals surface area contributed by atoms with E-state index in [0.29, 0.717) is 12.8 Å². The van der Waals surface area contributed by atoms with Gasteiger partial charge in [-0.3, -0.25) is 4.79 Å². The third-order valence-electron chi connectivity index (χ3n) is 1.47. The summed E-state index contributed by atoms with van der Waals surface area (Å²) in [7, 11) is 0. The lowest BCUT2D eigenvalue weighted by molar-refractivity contribution is -0.181. The number of hydrogen-bond donors (Lipinski definition) is 0. The molecule has 1 aliphatic heterocycles. The zero-order chi connectivity index (χ0) is 8.10. The van der Waals surface area contributed by atoms with Crippen LogP contribution in [0.3, 0.4) is 0 Å². The van der Waals surface area contributed by atoms with Gasteiger partial charge in [-0.1, -0.05) is 0 Å². The first kappa shape index (κ1) is 8.97. The highest BCUT2D eigenvalue weighted by Crippen LogP contribution is 2.11. The SMILES string of the molecule is O=C(Cl)CCC1OCCCO1. The van der Waals surface area contributed by atoms with Crippen molar-refractivity contribution in [1.82, 2.24) is 0 Å². The van der Waals surface area contributed by atoms with Gasteiger partial charge in [0.05, 0.1) is 13.2 Å². The molecule has 0 unspecified atom stereocenters. The van der Waals surface area contributed by atoms with Crippen LogP contribution in [0, 0.1) is 0 Å². The largest absolute Gasteiger partial charge is 0.353 e. The number of halogens is 1. The van der Waals surface area contributed by atoms with Gasteiger partial charge in [0.2, 0.25) is 5.24 Å². The first-order valence-corrected chi connectivity index (χ1v) is 4.08. The van der Waals surface area contributed by atoms with E-state index in [1.54, 1.807) is 0 Å². The summed E-state index contributed by atoms with van der Waals surface area (Å²) in [5, 5.41) is -0.331. The van der Waals surface area contributed by atoms with E-state index in [9.17, 15) is 4.79 Å². The maximum atomic E-state index is 10.3. The number of rotatable bonds is 3. The molecular weight excluding hydrogens is 168 g/mol. The summed E-state index contributed by atoms with van der Waals surface area (Å²) in [6.45, 7) is 1.45. The molecule has 0 bridgehead atoms. The minimum Gasteiger partial charge on any atom is -0.353 e. The molecule has 1 fully saturated rings. The normalized spacial score (nSPS) is 20.1. The van der Waals surface area contributed by atoms with Crippen LogP contribution in [0.1, 0.15) is 19.3 Å². The van der Waals surface area contributed by atoms with Crippen LogP contribution in [0.4, 0.5) is 0 Å². The summed E-state index contributed by atoms with van der Waals surface area (Å²) < 4.78 is 10.4. The minimum atomic E-state index is -0.331. The first-order chi connectivity index (χ1) is 5.29. The predicted molar refractivity (Wildman–Crippen MR) is 40.4 cm³/mol. The molecule has 0 aromatic heterocycles. The smallest absolute Gasteiger partial charge is 0.221 e. The zero-order valence-electron chi connectivity index (χ0n) is 6.22. The van der Waals surface area contributed by atoms with E-state index in [2.05, 4.69) is 0 Å². The van der Waals surface area contributed by atoms with Crippen LogP contribution in [0.15, 0.2) is 0 Å². The van der Waals surface area contributed by atoms with Crippen molar-refractivity contribution in [1.29, 1.82) is 0 Å². The molecule has 0 aliphatic carbocycles. The van der Waals surface area contributed by atoms with Crippen molar-refractivity contribution in [2.45, 2.75) is 25.6 Å². The Bertz CT molecular complexity index is 132. The Balaban J connectivity index is 2.09. The van der Waals surface area contributed by atoms with Crippen LogP contribution in [0.2, 0.25) is 0 Å². The summed E-state index contributed by atoms with van der Waals surface area (Å²) >= 11 is 5.15. The second kappa shape index (κ2) is 4.70. The highest BCUT2D eigenvalue weighted by Gasteiger charge is 2.14. The summed E-state index contributed by atoms with van der Waals surface area (Å²) in [5.41, 5.74) is 0. The van der Waals surface area contributed by atoms with Crippen LogP contribution in [-0.2, 0) is 14.3 Å². The fourth-order valence-electron chi connectivity index (χ4n) is 0.935. The molecule has 1 aliphatic rings. The molecule has 4 heteroatoms. The fraction of sp³-hybridized carbons (Fsp3) is 0.857. The van der Waals surface area contributed by atoms with E-state index < -0.39 is 0 Å². The van der Waals surface area contributed by atoms with E-state index in [4.69, 9.17) is 21.1 Å². The highest BCUT2D eigenvalue weighted by atomic mass is 35.5. The van der Waals surface area contributed by atoms with E-state index >= 15 is 0 Å². The Kier molecular flexibility index (Phi) is 3.83. The lowest BCUT2D eigenvalue weighted by atomic mass is 10.3. The fourth-order valence-corrected chi connectivity index (χ4v) is 1.04. The van der Waals surface area contributed by atoms with Crippen molar-refractivity contribution in [2.75, 3.05) is 13.2 Å². The Morgan fingerprint density at radius 1 is 1.45 bits per heavy atom. The van der Waals surface area contributed by atoms with Crippen LogP contribution >= 0.6 is 11.6 Å². The summed E-state index contributed by atoms with van der Waals surface area (Å²) in [6.07, 6.45) is 1.62. The second-order valence-corrected chi connectivity index (χ2v) is 2.84. The Morgan fingerprint density at radius 3 is 2.64 bits per heavy atom. The van der Waals surface area contributed by atoms with Gasteiger partial charge in [0, 0.05) is 12.8 Å². The third kappa shape index (κ3) is 3.70. The molecular formula is C7H11ClO3. The van der Waals surface area contributed by atoms with E-state index in [0.717, 1.165) is 19.6 Å². The van der Waals surface area contributed by atoms with E-state index in [1.807, 2.05) is 0 Å². The minimum absolute atomic E-state index is 0.216. The zero-order valence-corrected chi connectivity index (χ0v) is 6.97. The average Bonchev–Trinajstić information content (AvgIpc) is 2.03. The third-order valence-corrected chi connectivity index (χ3v) is 1.66. The topological polar surface area (TPSA) is 35.5 Å². The number of ether oxygens (including phenoxy) is 2. The van der Waals surface area contributed by atoms with Gasteiger partial charge in [-0.05, 0) is 18.0 Å². The molecule has 0 spiro atoms. The summed E-state index contributed by atoms with van der Waals surface area (Å²) in [6, 6.07) is 0. The number of carbonyl (C=O) groups excluding carboxylic acids is 1. The Hall–Kier alpha value is -0.120. The maximum Gasteiger partial charge on any atom is 0.221 e. The molecule has 0 aromatic rings. The number of hydrogen-bond acceptors (Lipinski definition) is 3. The Labute approximate surface area is 70.6 Å².